The molecule has 2 aromatic carbocycles. The number of thioether (sulfide) groups is 1. The van der Waals surface area contributed by atoms with E-state index in [0.717, 1.165) is 4.90 Å². The van der Waals surface area contributed by atoms with E-state index in [1.54, 1.807) is 37.3 Å². The number of carbonyl (C=O) groups excluding carboxylic acids is 2. The van der Waals surface area contributed by atoms with E-state index in [2.05, 4.69) is 5.32 Å². The van der Waals surface area contributed by atoms with Crippen LogP contribution in [0.25, 0.3) is 0 Å². The first-order valence-electron chi connectivity index (χ1n) is 8.14. The Balaban J connectivity index is 2.06. The zero-order valence-corrected chi connectivity index (χ0v) is 16.8. The van der Waals surface area contributed by atoms with E-state index in [9.17, 15) is 9.59 Å². The molecule has 7 heteroatoms. The molecule has 0 saturated carbocycles. The number of amides is 1. The highest BCUT2D eigenvalue weighted by molar-refractivity contribution is 8.00. The summed E-state index contributed by atoms with van der Waals surface area (Å²) in [5, 5.41) is 3.47. The molecule has 0 aliphatic carbocycles. The second-order valence-electron chi connectivity index (χ2n) is 5.37. The first-order valence-corrected chi connectivity index (χ1v) is 9.77. The molecule has 0 spiro atoms. The van der Waals surface area contributed by atoms with Crippen molar-refractivity contribution < 1.29 is 14.3 Å². The summed E-state index contributed by atoms with van der Waals surface area (Å²) in [6.45, 7) is 3.95. The average molecular weight is 412 g/mol. The van der Waals surface area contributed by atoms with Gasteiger partial charge in [0.25, 0.3) is 0 Å². The first kappa shape index (κ1) is 20.6. The number of carbonyl (C=O) groups is 2. The molecule has 0 aromatic heterocycles. The number of hydrogen-bond donors (Lipinski definition) is 1. The van der Waals surface area contributed by atoms with Gasteiger partial charge in [-0.1, -0.05) is 30.1 Å². The van der Waals surface area contributed by atoms with Crippen LogP contribution in [0.15, 0.2) is 47.4 Å². The van der Waals surface area contributed by atoms with Gasteiger partial charge in [-0.25, -0.2) is 4.79 Å². The Morgan fingerprint density at radius 3 is 2.38 bits per heavy atom. The first-order chi connectivity index (χ1) is 12.4. The van der Waals surface area contributed by atoms with Crippen molar-refractivity contribution in [3.63, 3.8) is 0 Å². The standard InChI is InChI=1S/C19H19Cl2NO3S/c1-3-17(26-14-8-5-12(20)6-9-14)18(23)22-13-7-10-15(16(21)11-13)19(24)25-4-2/h5-11,17H,3-4H2,1-2H3,(H,22,23)/t17-/m0/s1. The number of halogens is 2. The summed E-state index contributed by atoms with van der Waals surface area (Å²) in [7, 11) is 0. The molecule has 0 heterocycles. The van der Waals surface area contributed by atoms with Crippen molar-refractivity contribution >= 4 is 52.5 Å². The zero-order valence-electron chi connectivity index (χ0n) is 14.4. The van der Waals surface area contributed by atoms with E-state index in [0.29, 0.717) is 17.1 Å². The molecule has 138 valence electrons. The maximum absolute atomic E-state index is 12.6. The van der Waals surface area contributed by atoms with Crippen molar-refractivity contribution in [2.45, 2.75) is 30.4 Å². The fourth-order valence-electron chi connectivity index (χ4n) is 2.19. The van der Waals surface area contributed by atoms with Crippen LogP contribution in [-0.2, 0) is 9.53 Å². The number of ether oxygens (including phenoxy) is 1. The maximum atomic E-state index is 12.6. The highest BCUT2D eigenvalue weighted by atomic mass is 35.5. The quantitative estimate of drug-likeness (QED) is 0.470. The van der Waals surface area contributed by atoms with E-state index in [4.69, 9.17) is 27.9 Å². The van der Waals surface area contributed by atoms with Crippen LogP contribution in [0, 0.1) is 0 Å². The summed E-state index contributed by atoms with van der Waals surface area (Å²) >= 11 is 13.5. The minimum atomic E-state index is -0.486. The minimum absolute atomic E-state index is 0.132. The van der Waals surface area contributed by atoms with Crippen molar-refractivity contribution in [3.05, 3.63) is 58.1 Å². The molecule has 1 N–H and O–H groups in total. The molecule has 0 aliphatic rings. The summed E-state index contributed by atoms with van der Waals surface area (Å²) in [5.74, 6) is -0.618. The molecule has 0 saturated heterocycles. The van der Waals surface area contributed by atoms with Gasteiger partial charge in [-0.05, 0) is 55.8 Å². The Morgan fingerprint density at radius 2 is 1.81 bits per heavy atom. The second-order valence-corrected chi connectivity index (χ2v) is 7.49. The molecular formula is C19H19Cl2NO3S. The lowest BCUT2D eigenvalue weighted by molar-refractivity contribution is -0.115. The Kier molecular flexibility index (Phi) is 7.82. The number of esters is 1. The Bertz CT molecular complexity index is 781. The van der Waals surface area contributed by atoms with Crippen molar-refractivity contribution in [2.24, 2.45) is 0 Å². The third-order valence-electron chi connectivity index (χ3n) is 3.49. The van der Waals surface area contributed by atoms with Crippen molar-refractivity contribution in [1.29, 1.82) is 0 Å². The Morgan fingerprint density at radius 1 is 1.12 bits per heavy atom. The van der Waals surface area contributed by atoms with Crippen molar-refractivity contribution in [2.75, 3.05) is 11.9 Å². The number of benzene rings is 2. The van der Waals surface area contributed by atoms with Gasteiger partial charge in [0.1, 0.15) is 0 Å². The summed E-state index contributed by atoms with van der Waals surface area (Å²) in [6, 6.07) is 12.1. The molecule has 0 unspecified atom stereocenters. The van der Waals surface area contributed by atoms with Gasteiger partial charge in [0.15, 0.2) is 0 Å². The van der Waals surface area contributed by atoms with Crippen LogP contribution < -0.4 is 5.32 Å². The monoisotopic (exact) mass is 411 g/mol. The largest absolute Gasteiger partial charge is 0.462 e. The molecule has 0 bridgehead atoms. The minimum Gasteiger partial charge on any atom is -0.462 e. The van der Waals surface area contributed by atoms with Gasteiger partial charge in [-0.3, -0.25) is 4.79 Å². The molecule has 26 heavy (non-hydrogen) atoms. The Hall–Kier alpha value is -1.69. The van der Waals surface area contributed by atoms with Crippen LogP contribution in [0.3, 0.4) is 0 Å². The normalized spacial score (nSPS) is 11.7. The molecule has 0 fully saturated rings. The van der Waals surface area contributed by atoms with Crippen LogP contribution in [-0.4, -0.2) is 23.7 Å². The number of anilines is 1. The summed E-state index contributed by atoms with van der Waals surface area (Å²) in [6.07, 6.45) is 0.660. The fraction of sp³-hybridized carbons (Fsp3) is 0.263. The number of hydrogen-bond acceptors (Lipinski definition) is 4. The molecule has 1 amide bonds. The van der Waals surface area contributed by atoms with Crippen molar-refractivity contribution in [1.82, 2.24) is 0 Å². The third-order valence-corrected chi connectivity index (χ3v) is 5.43. The number of rotatable bonds is 7. The molecule has 1 atom stereocenters. The van der Waals surface area contributed by atoms with Gasteiger partial charge < -0.3 is 10.1 Å². The van der Waals surface area contributed by atoms with Gasteiger partial charge in [-0.15, -0.1) is 11.8 Å². The predicted molar refractivity (Wildman–Crippen MR) is 107 cm³/mol. The average Bonchev–Trinajstić information content (AvgIpc) is 2.61. The van der Waals surface area contributed by atoms with Gasteiger partial charge >= 0.3 is 5.97 Å². The van der Waals surface area contributed by atoms with E-state index >= 15 is 0 Å². The van der Waals surface area contributed by atoms with Gasteiger partial charge in [0, 0.05) is 15.6 Å². The van der Waals surface area contributed by atoms with E-state index < -0.39 is 5.97 Å². The fourth-order valence-corrected chi connectivity index (χ4v) is 3.53. The predicted octanol–water partition coefficient (Wildman–Crippen LogP) is 5.68. The van der Waals surface area contributed by atoms with Gasteiger partial charge in [0.2, 0.25) is 5.91 Å². The van der Waals surface area contributed by atoms with Crippen LogP contribution >= 0.6 is 35.0 Å². The molecule has 0 aliphatic heterocycles. The van der Waals surface area contributed by atoms with Gasteiger partial charge in [0.05, 0.1) is 22.4 Å². The topological polar surface area (TPSA) is 55.4 Å². The molecule has 4 nitrogen and oxygen atoms in total. The Labute approximate surface area is 167 Å². The second kappa shape index (κ2) is 9.86. The zero-order chi connectivity index (χ0) is 19.1. The SMILES string of the molecule is CCOC(=O)c1ccc(NC(=O)[C@H](CC)Sc2ccc(Cl)cc2)cc1Cl. The molecule has 2 aromatic rings. The van der Waals surface area contributed by atoms with E-state index in [1.165, 1.54) is 11.8 Å². The lowest BCUT2D eigenvalue weighted by atomic mass is 10.2. The van der Waals surface area contributed by atoms with Crippen LogP contribution in [0.1, 0.15) is 30.6 Å². The highest BCUT2D eigenvalue weighted by Crippen LogP contribution is 2.28. The lowest BCUT2D eigenvalue weighted by Crippen LogP contribution is -2.24. The summed E-state index contributed by atoms with van der Waals surface area (Å²) in [5.41, 5.74) is 0.803. The molecule has 0 radical (unpaired) electrons. The van der Waals surface area contributed by atoms with Gasteiger partial charge in [-0.2, -0.15) is 0 Å². The van der Waals surface area contributed by atoms with Crippen molar-refractivity contribution in [3.8, 4) is 0 Å². The number of nitrogens with one attached hydrogen (secondary N) is 1. The highest BCUT2D eigenvalue weighted by Gasteiger charge is 2.19. The smallest absolute Gasteiger partial charge is 0.339 e. The maximum Gasteiger partial charge on any atom is 0.339 e. The van der Waals surface area contributed by atoms with E-state index in [1.807, 2.05) is 19.1 Å². The summed E-state index contributed by atoms with van der Waals surface area (Å²) in [4.78, 5) is 25.3. The van der Waals surface area contributed by atoms with Crippen LogP contribution in [0.2, 0.25) is 10.0 Å². The third kappa shape index (κ3) is 5.66. The molecular weight excluding hydrogens is 393 g/mol. The van der Waals surface area contributed by atoms with Crippen LogP contribution in [0.5, 0.6) is 0 Å². The lowest BCUT2D eigenvalue weighted by Gasteiger charge is -2.15. The van der Waals surface area contributed by atoms with E-state index in [-0.39, 0.29) is 28.4 Å². The molecule has 2 rings (SSSR count). The van der Waals surface area contributed by atoms with Crippen LogP contribution in [0.4, 0.5) is 5.69 Å². The summed E-state index contributed by atoms with van der Waals surface area (Å²) < 4.78 is 4.94.